The monoisotopic (exact) mass is 344 g/mol. The van der Waals surface area contributed by atoms with Crippen LogP contribution in [0.5, 0.6) is 0 Å². The molecular weight excluding hydrogens is 326 g/mol. The number of H-pyrrole nitrogens is 1. The van der Waals surface area contributed by atoms with Crippen molar-refractivity contribution in [1.29, 1.82) is 0 Å². The molecule has 4 nitrogen and oxygen atoms in total. The summed E-state index contributed by atoms with van der Waals surface area (Å²) in [6.45, 7) is 3.48. The van der Waals surface area contributed by atoms with E-state index < -0.39 is 29.2 Å². The number of benzene rings is 2. The first-order valence-electron chi connectivity index (χ1n) is 7.87. The van der Waals surface area contributed by atoms with Gasteiger partial charge in [-0.25, -0.2) is 8.78 Å². The van der Waals surface area contributed by atoms with Gasteiger partial charge in [0.25, 0.3) is 5.91 Å². The molecule has 1 heterocycles. The highest BCUT2D eigenvalue weighted by Gasteiger charge is 2.20. The number of aromatic nitrogens is 1. The molecule has 0 radical (unpaired) electrons. The molecule has 0 fully saturated rings. The van der Waals surface area contributed by atoms with E-state index >= 15 is 0 Å². The maximum Gasteiger partial charge on any atom is 0.268 e. The molecule has 25 heavy (non-hydrogen) atoms. The number of rotatable bonds is 4. The molecule has 130 valence electrons. The molecule has 1 amide bonds. The Balaban J connectivity index is 1.78. The number of amides is 1. The van der Waals surface area contributed by atoms with Crippen LogP contribution in [-0.2, 0) is 0 Å². The Hall–Kier alpha value is -2.73. The predicted octanol–water partition coefficient (Wildman–Crippen LogP) is 3.53. The lowest BCUT2D eigenvalue weighted by Crippen LogP contribution is -2.29. The first kappa shape index (κ1) is 17.1. The topological polar surface area (TPSA) is 65.1 Å². The van der Waals surface area contributed by atoms with Crippen molar-refractivity contribution in [2.45, 2.75) is 20.0 Å². The van der Waals surface area contributed by atoms with Crippen molar-refractivity contribution in [2.24, 2.45) is 0 Å². The smallest absolute Gasteiger partial charge is 0.268 e. The molecule has 0 aliphatic rings. The minimum Gasteiger partial charge on any atom is -0.386 e. The molecular formula is C19H18F2N2O2. The van der Waals surface area contributed by atoms with E-state index in [1.54, 1.807) is 0 Å². The Morgan fingerprint density at radius 3 is 2.56 bits per heavy atom. The second kappa shape index (κ2) is 6.64. The molecule has 3 aromatic rings. The summed E-state index contributed by atoms with van der Waals surface area (Å²) < 4.78 is 27.3. The molecule has 1 aromatic heterocycles. The van der Waals surface area contributed by atoms with Crippen LogP contribution in [0.1, 0.15) is 33.3 Å². The molecule has 0 bridgehead atoms. The minimum atomic E-state index is -1.47. The summed E-state index contributed by atoms with van der Waals surface area (Å²) in [5.74, 6) is -2.14. The highest BCUT2D eigenvalue weighted by atomic mass is 19.1. The van der Waals surface area contributed by atoms with Gasteiger partial charge in [0.1, 0.15) is 23.4 Å². The zero-order valence-corrected chi connectivity index (χ0v) is 13.9. The number of nitrogens with one attached hydrogen (secondary N) is 2. The highest BCUT2D eigenvalue weighted by Crippen LogP contribution is 2.23. The van der Waals surface area contributed by atoms with Crippen LogP contribution in [-0.4, -0.2) is 22.5 Å². The molecule has 1 atom stereocenters. The van der Waals surface area contributed by atoms with E-state index in [9.17, 15) is 18.7 Å². The van der Waals surface area contributed by atoms with Crippen molar-refractivity contribution in [3.8, 4) is 0 Å². The number of aromatic amines is 1. The maximum absolute atomic E-state index is 13.7. The number of aliphatic hydroxyl groups is 1. The molecule has 3 N–H and O–H groups in total. The third kappa shape index (κ3) is 3.25. The molecule has 0 aliphatic carbocycles. The number of fused-ring (bicyclic) bond motifs is 1. The lowest BCUT2D eigenvalue weighted by Gasteiger charge is -2.13. The van der Waals surface area contributed by atoms with Crippen LogP contribution in [0.3, 0.4) is 0 Å². The fourth-order valence-corrected chi connectivity index (χ4v) is 2.88. The normalized spacial score (nSPS) is 12.4. The van der Waals surface area contributed by atoms with Crippen LogP contribution in [0, 0.1) is 25.5 Å². The van der Waals surface area contributed by atoms with Gasteiger partial charge in [-0.2, -0.15) is 0 Å². The van der Waals surface area contributed by atoms with E-state index in [-0.39, 0.29) is 6.54 Å². The second-order valence-electron chi connectivity index (χ2n) is 6.04. The average Bonchev–Trinajstić information content (AvgIpc) is 2.89. The van der Waals surface area contributed by atoms with E-state index in [2.05, 4.69) is 10.3 Å². The van der Waals surface area contributed by atoms with Gasteiger partial charge >= 0.3 is 0 Å². The number of carbonyl (C=O) groups is 1. The Morgan fingerprint density at radius 2 is 1.88 bits per heavy atom. The van der Waals surface area contributed by atoms with E-state index in [4.69, 9.17) is 0 Å². The molecule has 6 heteroatoms. The molecule has 3 rings (SSSR count). The number of hydrogen-bond acceptors (Lipinski definition) is 2. The quantitative estimate of drug-likeness (QED) is 0.678. The van der Waals surface area contributed by atoms with E-state index in [0.29, 0.717) is 5.69 Å². The van der Waals surface area contributed by atoms with Crippen molar-refractivity contribution in [2.75, 3.05) is 6.54 Å². The number of hydrogen-bond donors (Lipinski definition) is 3. The summed E-state index contributed by atoms with van der Waals surface area (Å²) in [6.07, 6.45) is -1.47. The summed E-state index contributed by atoms with van der Waals surface area (Å²) in [6, 6.07) is 9.14. The van der Waals surface area contributed by atoms with Gasteiger partial charge in [-0.15, -0.1) is 0 Å². The molecule has 2 aromatic carbocycles. The SMILES string of the molecule is Cc1ccc2[nH]c(C(=O)NCC(O)c3c(F)cccc3F)c(C)c2c1. The highest BCUT2D eigenvalue weighted by molar-refractivity contribution is 6.01. The summed E-state index contributed by atoms with van der Waals surface area (Å²) in [5.41, 5.74) is 2.59. The Kier molecular flexibility index (Phi) is 4.55. The van der Waals surface area contributed by atoms with Gasteiger partial charge in [-0.3, -0.25) is 4.79 Å². The van der Waals surface area contributed by atoms with Gasteiger partial charge < -0.3 is 15.4 Å². The number of carbonyl (C=O) groups excluding carboxylic acids is 1. The molecule has 0 saturated carbocycles. The first-order chi connectivity index (χ1) is 11.9. The number of halogens is 2. The van der Waals surface area contributed by atoms with E-state index in [1.165, 1.54) is 6.07 Å². The Bertz CT molecular complexity index is 930. The van der Waals surface area contributed by atoms with Crippen LogP contribution < -0.4 is 5.32 Å². The van der Waals surface area contributed by atoms with Gasteiger partial charge in [-0.05, 0) is 43.7 Å². The van der Waals surface area contributed by atoms with Crippen molar-refractivity contribution < 1.29 is 18.7 Å². The lowest BCUT2D eigenvalue weighted by molar-refractivity contribution is 0.0906. The van der Waals surface area contributed by atoms with Gasteiger partial charge in [0.05, 0.1) is 5.56 Å². The Morgan fingerprint density at radius 1 is 1.20 bits per heavy atom. The molecule has 1 unspecified atom stereocenters. The summed E-state index contributed by atoms with van der Waals surface area (Å²) in [4.78, 5) is 15.4. The van der Waals surface area contributed by atoms with Crippen molar-refractivity contribution in [1.82, 2.24) is 10.3 Å². The fourth-order valence-electron chi connectivity index (χ4n) is 2.88. The van der Waals surface area contributed by atoms with Crippen LogP contribution in [0.15, 0.2) is 36.4 Å². The van der Waals surface area contributed by atoms with Gasteiger partial charge in [0, 0.05) is 17.4 Å². The van der Waals surface area contributed by atoms with Crippen LogP contribution in [0.2, 0.25) is 0 Å². The second-order valence-corrected chi connectivity index (χ2v) is 6.04. The number of aliphatic hydroxyl groups excluding tert-OH is 1. The van der Waals surface area contributed by atoms with Crippen molar-refractivity contribution in [3.05, 3.63) is 70.4 Å². The molecule has 0 spiro atoms. The maximum atomic E-state index is 13.7. The largest absolute Gasteiger partial charge is 0.386 e. The van der Waals surface area contributed by atoms with E-state index in [1.807, 2.05) is 32.0 Å². The van der Waals surface area contributed by atoms with Crippen LogP contribution >= 0.6 is 0 Å². The number of aryl methyl sites for hydroxylation is 2. The Labute approximate surface area is 143 Å². The zero-order valence-electron chi connectivity index (χ0n) is 13.9. The zero-order chi connectivity index (χ0) is 18.1. The average molecular weight is 344 g/mol. The van der Waals surface area contributed by atoms with E-state index in [0.717, 1.165) is 34.2 Å². The third-order valence-electron chi connectivity index (χ3n) is 4.23. The third-order valence-corrected chi connectivity index (χ3v) is 4.23. The van der Waals surface area contributed by atoms with Crippen LogP contribution in [0.25, 0.3) is 10.9 Å². The minimum absolute atomic E-state index is 0.301. The standard InChI is InChI=1S/C19H18F2N2O2/c1-10-6-7-15-12(8-10)11(2)18(23-15)19(25)22-9-16(24)17-13(20)4-3-5-14(17)21/h3-8,16,23-24H,9H2,1-2H3,(H,22,25). The summed E-state index contributed by atoms with van der Waals surface area (Å²) >= 11 is 0. The lowest BCUT2D eigenvalue weighted by atomic mass is 10.1. The van der Waals surface area contributed by atoms with Crippen LogP contribution in [0.4, 0.5) is 8.78 Å². The van der Waals surface area contributed by atoms with Gasteiger partial charge in [0.2, 0.25) is 0 Å². The van der Waals surface area contributed by atoms with Crippen molar-refractivity contribution >= 4 is 16.8 Å². The first-order valence-corrected chi connectivity index (χ1v) is 7.87. The van der Waals surface area contributed by atoms with Gasteiger partial charge in [-0.1, -0.05) is 17.7 Å². The molecule has 0 saturated heterocycles. The fraction of sp³-hybridized carbons (Fsp3) is 0.211. The summed E-state index contributed by atoms with van der Waals surface area (Å²) in [5, 5.41) is 13.5. The van der Waals surface area contributed by atoms with Crippen molar-refractivity contribution in [3.63, 3.8) is 0 Å². The summed E-state index contributed by atoms with van der Waals surface area (Å²) in [7, 11) is 0. The van der Waals surface area contributed by atoms with Gasteiger partial charge in [0.15, 0.2) is 0 Å². The predicted molar refractivity (Wildman–Crippen MR) is 91.4 cm³/mol. The molecule has 0 aliphatic heterocycles.